The Bertz CT molecular complexity index is 189. The molecule has 1 atom stereocenters. The molecule has 0 bridgehead atoms. The number of nitrogens with zero attached hydrogens (tertiary/aromatic N) is 1. The Morgan fingerprint density at radius 3 is 2.56 bits per heavy atom. The molecule has 0 saturated carbocycles. The predicted molar refractivity (Wildman–Crippen MR) is 65.4 cm³/mol. The molecule has 1 unspecified atom stereocenters. The van der Waals surface area contributed by atoms with Crippen molar-refractivity contribution in [1.82, 2.24) is 10.2 Å². The van der Waals surface area contributed by atoms with E-state index in [1.165, 1.54) is 12.8 Å². The van der Waals surface area contributed by atoms with Crippen LogP contribution in [0.1, 0.15) is 19.8 Å². The molecule has 0 aromatic rings. The summed E-state index contributed by atoms with van der Waals surface area (Å²) >= 11 is 0. The Hall–Kier alpha value is -0.160. The molecular formula is C12H26N2O2. The van der Waals surface area contributed by atoms with Crippen molar-refractivity contribution in [3.63, 3.8) is 0 Å². The lowest BCUT2D eigenvalue weighted by Gasteiger charge is -2.33. The van der Waals surface area contributed by atoms with Crippen LogP contribution in [0.4, 0.5) is 0 Å². The topological polar surface area (TPSA) is 55.7 Å². The second-order valence-corrected chi connectivity index (χ2v) is 5.54. The van der Waals surface area contributed by atoms with Crippen molar-refractivity contribution in [2.75, 3.05) is 46.4 Å². The largest absolute Gasteiger partial charge is 0.396 e. The van der Waals surface area contributed by atoms with Crippen LogP contribution in [0.5, 0.6) is 0 Å². The predicted octanol–water partition coefficient (Wildman–Crippen LogP) is -0.0913. The quantitative estimate of drug-likeness (QED) is 0.597. The van der Waals surface area contributed by atoms with Crippen LogP contribution in [-0.2, 0) is 0 Å². The van der Waals surface area contributed by atoms with Gasteiger partial charge in [-0.3, -0.25) is 0 Å². The first-order valence-electron chi connectivity index (χ1n) is 6.20. The van der Waals surface area contributed by atoms with Crippen LogP contribution in [-0.4, -0.2) is 61.6 Å². The van der Waals surface area contributed by atoms with Gasteiger partial charge in [0.1, 0.15) is 0 Å². The number of hydrogen-bond donors (Lipinski definition) is 3. The van der Waals surface area contributed by atoms with E-state index in [0.29, 0.717) is 5.92 Å². The second-order valence-electron chi connectivity index (χ2n) is 5.54. The van der Waals surface area contributed by atoms with Crippen molar-refractivity contribution in [3.8, 4) is 0 Å². The molecule has 1 aliphatic rings. The van der Waals surface area contributed by atoms with Gasteiger partial charge in [-0.25, -0.2) is 0 Å². The highest BCUT2D eigenvalue weighted by Gasteiger charge is 2.25. The van der Waals surface area contributed by atoms with Crippen molar-refractivity contribution in [2.45, 2.75) is 19.8 Å². The molecule has 0 radical (unpaired) electrons. The van der Waals surface area contributed by atoms with E-state index in [1.807, 2.05) is 6.92 Å². The number of aliphatic hydroxyl groups excluding tert-OH is 2. The maximum Gasteiger partial charge on any atom is 0.0519 e. The maximum absolute atomic E-state index is 9.24. The number of nitrogens with one attached hydrogen (secondary N) is 1. The fraction of sp³-hybridized carbons (Fsp3) is 1.00. The fourth-order valence-corrected chi connectivity index (χ4v) is 2.39. The molecule has 1 saturated heterocycles. The Morgan fingerprint density at radius 1 is 1.38 bits per heavy atom. The lowest BCUT2D eigenvalue weighted by Crippen LogP contribution is -2.43. The molecule has 4 heteroatoms. The molecule has 3 N–H and O–H groups in total. The van der Waals surface area contributed by atoms with Crippen molar-refractivity contribution >= 4 is 0 Å². The molecule has 1 aliphatic heterocycles. The normalized spacial score (nSPS) is 22.7. The van der Waals surface area contributed by atoms with E-state index in [9.17, 15) is 10.2 Å². The summed E-state index contributed by atoms with van der Waals surface area (Å²) in [4.78, 5) is 2.23. The Morgan fingerprint density at radius 2 is 2.06 bits per heavy atom. The minimum atomic E-state index is -0.378. The number of rotatable bonds is 6. The zero-order chi connectivity index (χ0) is 12.0. The first-order valence-corrected chi connectivity index (χ1v) is 6.20. The highest BCUT2D eigenvalue weighted by atomic mass is 16.3. The lowest BCUT2D eigenvalue weighted by atomic mass is 9.91. The van der Waals surface area contributed by atoms with Crippen LogP contribution in [0.15, 0.2) is 0 Å². The van der Waals surface area contributed by atoms with E-state index in [0.717, 1.165) is 26.2 Å². The molecule has 16 heavy (non-hydrogen) atoms. The zero-order valence-electron chi connectivity index (χ0n) is 10.6. The molecule has 0 spiro atoms. The van der Waals surface area contributed by atoms with Gasteiger partial charge in [0, 0.05) is 18.5 Å². The molecule has 0 amide bonds. The molecule has 0 aromatic carbocycles. The summed E-state index contributed by atoms with van der Waals surface area (Å²) in [5.74, 6) is 0.709. The van der Waals surface area contributed by atoms with Crippen molar-refractivity contribution < 1.29 is 10.2 Å². The second kappa shape index (κ2) is 6.55. The summed E-state index contributed by atoms with van der Waals surface area (Å²) in [5.41, 5.74) is -0.378. The molecule has 0 aliphatic carbocycles. The van der Waals surface area contributed by atoms with E-state index in [2.05, 4.69) is 17.3 Å². The summed E-state index contributed by atoms with van der Waals surface area (Å²) in [5, 5.41) is 21.9. The van der Waals surface area contributed by atoms with Gasteiger partial charge in [0.15, 0.2) is 0 Å². The first kappa shape index (κ1) is 13.9. The van der Waals surface area contributed by atoms with Crippen LogP contribution in [0.3, 0.4) is 0 Å². The van der Waals surface area contributed by atoms with E-state index in [-0.39, 0.29) is 18.6 Å². The Labute approximate surface area is 98.6 Å². The minimum absolute atomic E-state index is 0.0384. The standard InChI is InChI=1S/C12H26N2O2/c1-12(9-15,10-16)8-14(2)7-11-4-3-5-13-6-11/h11,13,15-16H,3-10H2,1-2H3. The monoisotopic (exact) mass is 230 g/mol. The third kappa shape index (κ3) is 4.37. The van der Waals surface area contributed by atoms with Gasteiger partial charge in [-0.15, -0.1) is 0 Å². The van der Waals surface area contributed by atoms with Gasteiger partial charge in [0.25, 0.3) is 0 Å². The fourth-order valence-electron chi connectivity index (χ4n) is 2.39. The van der Waals surface area contributed by atoms with E-state index >= 15 is 0 Å². The van der Waals surface area contributed by atoms with Gasteiger partial charge in [-0.1, -0.05) is 6.92 Å². The van der Waals surface area contributed by atoms with Gasteiger partial charge < -0.3 is 20.4 Å². The first-order chi connectivity index (χ1) is 7.59. The molecule has 1 rings (SSSR count). The van der Waals surface area contributed by atoms with Gasteiger partial charge in [-0.05, 0) is 38.9 Å². The van der Waals surface area contributed by atoms with Crippen molar-refractivity contribution in [2.24, 2.45) is 11.3 Å². The van der Waals surface area contributed by atoms with Crippen LogP contribution in [0.25, 0.3) is 0 Å². The summed E-state index contributed by atoms with van der Waals surface area (Å²) in [6.07, 6.45) is 2.54. The van der Waals surface area contributed by atoms with E-state index < -0.39 is 0 Å². The molecule has 96 valence electrons. The Kier molecular flexibility index (Phi) is 5.69. The lowest BCUT2D eigenvalue weighted by molar-refractivity contribution is 0.0373. The van der Waals surface area contributed by atoms with E-state index in [4.69, 9.17) is 0 Å². The van der Waals surface area contributed by atoms with Crippen LogP contribution in [0, 0.1) is 11.3 Å². The highest BCUT2D eigenvalue weighted by molar-refractivity contribution is 4.78. The van der Waals surface area contributed by atoms with Gasteiger partial charge >= 0.3 is 0 Å². The zero-order valence-corrected chi connectivity index (χ0v) is 10.6. The average molecular weight is 230 g/mol. The summed E-state index contributed by atoms with van der Waals surface area (Å²) in [6, 6.07) is 0. The average Bonchev–Trinajstić information content (AvgIpc) is 2.30. The minimum Gasteiger partial charge on any atom is -0.396 e. The summed E-state index contributed by atoms with van der Waals surface area (Å²) in [6.45, 7) is 6.03. The van der Waals surface area contributed by atoms with E-state index in [1.54, 1.807) is 0 Å². The van der Waals surface area contributed by atoms with Crippen LogP contribution in [0.2, 0.25) is 0 Å². The summed E-state index contributed by atoms with van der Waals surface area (Å²) in [7, 11) is 2.07. The molecular weight excluding hydrogens is 204 g/mol. The van der Waals surface area contributed by atoms with Gasteiger partial charge in [0.05, 0.1) is 13.2 Å². The smallest absolute Gasteiger partial charge is 0.0519 e. The third-order valence-electron chi connectivity index (χ3n) is 3.38. The van der Waals surface area contributed by atoms with Crippen molar-refractivity contribution in [1.29, 1.82) is 0 Å². The van der Waals surface area contributed by atoms with Crippen LogP contribution < -0.4 is 5.32 Å². The van der Waals surface area contributed by atoms with Gasteiger partial charge in [0.2, 0.25) is 0 Å². The number of hydrogen-bond acceptors (Lipinski definition) is 4. The third-order valence-corrected chi connectivity index (χ3v) is 3.38. The summed E-state index contributed by atoms with van der Waals surface area (Å²) < 4.78 is 0. The number of aliphatic hydroxyl groups is 2. The number of piperidine rings is 1. The maximum atomic E-state index is 9.24. The molecule has 1 fully saturated rings. The Balaban J connectivity index is 2.30. The van der Waals surface area contributed by atoms with Crippen molar-refractivity contribution in [3.05, 3.63) is 0 Å². The van der Waals surface area contributed by atoms with Gasteiger partial charge in [-0.2, -0.15) is 0 Å². The highest BCUT2D eigenvalue weighted by Crippen LogP contribution is 2.18. The SMILES string of the molecule is CN(CC1CCCNC1)CC(C)(CO)CO. The molecule has 4 nitrogen and oxygen atoms in total. The molecule has 0 aromatic heterocycles. The molecule has 1 heterocycles. The van der Waals surface area contributed by atoms with Crippen LogP contribution >= 0.6 is 0 Å².